The van der Waals surface area contributed by atoms with E-state index in [4.69, 9.17) is 9.15 Å². The number of carbonyl (C=O) groups is 2. The first-order valence-electron chi connectivity index (χ1n) is 12.8. The van der Waals surface area contributed by atoms with Crippen molar-refractivity contribution in [2.24, 2.45) is 0 Å². The van der Waals surface area contributed by atoms with Crippen LogP contribution in [0, 0.1) is 5.82 Å². The van der Waals surface area contributed by atoms with Crippen LogP contribution in [0.4, 0.5) is 9.18 Å². The van der Waals surface area contributed by atoms with E-state index in [0.717, 1.165) is 16.7 Å². The molecule has 3 heterocycles. The van der Waals surface area contributed by atoms with Gasteiger partial charge < -0.3 is 19.4 Å². The van der Waals surface area contributed by atoms with Gasteiger partial charge >= 0.3 is 6.09 Å². The number of fused-ring (bicyclic) bond motifs is 1. The molecule has 2 N–H and O–H groups in total. The number of halogens is 1. The molecule has 5 rings (SSSR count). The standard InChI is InChI=1S/C29H31FN4O4/c1-29(2,3)38-28(36)34-13-11-18(12-14-34)22-16-32-33-26(22)27(35)31-17-24-25(19-7-5-4-6-8-19)21-15-20(30)9-10-23(21)37-24/h4-10,15-16,18H,11-14,17H2,1-3H3,(H,31,35)(H,32,33). The van der Waals surface area contributed by atoms with Crippen LogP contribution in [0.2, 0.25) is 0 Å². The number of rotatable bonds is 5. The lowest BCUT2D eigenvalue weighted by Crippen LogP contribution is -2.41. The van der Waals surface area contributed by atoms with Crippen molar-refractivity contribution in [1.82, 2.24) is 20.4 Å². The molecule has 0 bridgehead atoms. The van der Waals surface area contributed by atoms with Crippen molar-refractivity contribution < 1.29 is 23.1 Å². The molecule has 0 saturated carbocycles. The number of aromatic amines is 1. The molecular formula is C29H31FN4O4. The SMILES string of the molecule is CC(C)(C)OC(=O)N1CCC(c2cn[nH]c2C(=O)NCc2oc3ccc(F)cc3c2-c2ccccc2)CC1. The lowest BCUT2D eigenvalue weighted by Gasteiger charge is -2.33. The van der Waals surface area contributed by atoms with Gasteiger partial charge in [-0.1, -0.05) is 30.3 Å². The summed E-state index contributed by atoms with van der Waals surface area (Å²) in [7, 11) is 0. The van der Waals surface area contributed by atoms with E-state index in [1.807, 2.05) is 51.1 Å². The number of ether oxygens (including phenoxy) is 1. The summed E-state index contributed by atoms with van der Waals surface area (Å²) < 4.78 is 25.6. The number of carbonyl (C=O) groups excluding carboxylic acids is 2. The van der Waals surface area contributed by atoms with Crippen molar-refractivity contribution in [3.8, 4) is 11.1 Å². The summed E-state index contributed by atoms with van der Waals surface area (Å²) in [6, 6.07) is 14.0. The number of nitrogens with one attached hydrogen (secondary N) is 2. The third kappa shape index (κ3) is 5.41. The van der Waals surface area contributed by atoms with Crippen LogP contribution < -0.4 is 5.32 Å². The number of nitrogens with zero attached hydrogens (tertiary/aromatic N) is 2. The van der Waals surface area contributed by atoms with E-state index in [-0.39, 0.29) is 30.3 Å². The molecule has 2 aromatic heterocycles. The molecule has 0 aliphatic carbocycles. The van der Waals surface area contributed by atoms with Crippen molar-refractivity contribution >= 4 is 23.0 Å². The van der Waals surface area contributed by atoms with Gasteiger partial charge in [0.25, 0.3) is 5.91 Å². The molecule has 198 valence electrons. The van der Waals surface area contributed by atoms with E-state index < -0.39 is 5.60 Å². The second-order valence-corrected chi connectivity index (χ2v) is 10.5. The smallest absolute Gasteiger partial charge is 0.410 e. The topological polar surface area (TPSA) is 100 Å². The maximum atomic E-state index is 14.1. The van der Waals surface area contributed by atoms with Gasteiger partial charge in [-0.3, -0.25) is 9.89 Å². The Labute approximate surface area is 220 Å². The van der Waals surface area contributed by atoms with E-state index in [2.05, 4.69) is 15.5 Å². The van der Waals surface area contributed by atoms with E-state index in [1.165, 1.54) is 12.1 Å². The average Bonchev–Trinajstić information content (AvgIpc) is 3.52. The lowest BCUT2D eigenvalue weighted by molar-refractivity contribution is 0.0204. The molecule has 9 heteroatoms. The second kappa shape index (κ2) is 10.3. The highest BCUT2D eigenvalue weighted by Crippen LogP contribution is 2.35. The summed E-state index contributed by atoms with van der Waals surface area (Å²) in [6.45, 7) is 6.75. The molecule has 8 nitrogen and oxygen atoms in total. The summed E-state index contributed by atoms with van der Waals surface area (Å²) in [5, 5.41) is 10.6. The first-order chi connectivity index (χ1) is 18.2. The van der Waals surface area contributed by atoms with Crippen molar-refractivity contribution in [1.29, 1.82) is 0 Å². The van der Waals surface area contributed by atoms with Crippen molar-refractivity contribution in [3.63, 3.8) is 0 Å². The maximum absolute atomic E-state index is 14.1. The molecule has 4 aromatic rings. The minimum Gasteiger partial charge on any atom is -0.459 e. The second-order valence-electron chi connectivity index (χ2n) is 10.5. The molecule has 0 atom stereocenters. The quantitative estimate of drug-likeness (QED) is 0.337. The fourth-order valence-corrected chi connectivity index (χ4v) is 4.90. The number of piperidine rings is 1. The van der Waals surface area contributed by atoms with Gasteiger partial charge in [0.15, 0.2) is 0 Å². The van der Waals surface area contributed by atoms with Crippen molar-refractivity contribution in [2.45, 2.75) is 51.7 Å². The predicted octanol–water partition coefficient (Wildman–Crippen LogP) is 6.01. The number of likely N-dealkylation sites (tertiary alicyclic amines) is 1. The van der Waals surface area contributed by atoms with Crippen molar-refractivity contribution in [3.05, 3.63) is 77.6 Å². The number of benzene rings is 2. The van der Waals surface area contributed by atoms with Crippen LogP contribution in [0.15, 0.2) is 59.1 Å². The van der Waals surface area contributed by atoms with Crippen LogP contribution in [0.3, 0.4) is 0 Å². The average molecular weight is 519 g/mol. The zero-order valence-corrected chi connectivity index (χ0v) is 21.7. The van der Waals surface area contributed by atoms with Gasteiger partial charge in [-0.05, 0) is 63.3 Å². The molecule has 1 aliphatic heterocycles. The van der Waals surface area contributed by atoms with Crippen molar-refractivity contribution in [2.75, 3.05) is 13.1 Å². The summed E-state index contributed by atoms with van der Waals surface area (Å²) >= 11 is 0. The fraction of sp³-hybridized carbons (Fsp3) is 0.345. The number of amides is 2. The van der Waals surface area contributed by atoms with E-state index in [1.54, 1.807) is 17.2 Å². The molecule has 0 unspecified atom stereocenters. The van der Waals surface area contributed by atoms with Crippen LogP contribution in [-0.4, -0.2) is 45.8 Å². The number of hydrogen-bond donors (Lipinski definition) is 2. The summed E-state index contributed by atoms with van der Waals surface area (Å²) in [5.41, 5.74) is 2.84. The molecule has 38 heavy (non-hydrogen) atoms. The zero-order chi connectivity index (χ0) is 26.9. The van der Waals surface area contributed by atoms with Crippen LogP contribution in [0.1, 0.15) is 61.3 Å². The summed E-state index contributed by atoms with van der Waals surface area (Å²) in [5.74, 6) is -0.0391. The molecule has 0 spiro atoms. The molecule has 1 aliphatic rings. The molecular weight excluding hydrogens is 487 g/mol. The van der Waals surface area contributed by atoms with Gasteiger partial charge in [0.05, 0.1) is 12.7 Å². The van der Waals surface area contributed by atoms with Gasteiger partial charge in [0.2, 0.25) is 0 Å². The highest BCUT2D eigenvalue weighted by molar-refractivity contribution is 5.97. The minimum atomic E-state index is -0.544. The zero-order valence-electron chi connectivity index (χ0n) is 21.7. The Morgan fingerprint density at radius 1 is 1.16 bits per heavy atom. The van der Waals surface area contributed by atoms with Gasteiger partial charge in [0, 0.05) is 29.6 Å². The Bertz CT molecular complexity index is 1450. The van der Waals surface area contributed by atoms with E-state index in [9.17, 15) is 14.0 Å². The Morgan fingerprint density at radius 3 is 2.61 bits per heavy atom. The Balaban J connectivity index is 1.29. The normalized spacial score (nSPS) is 14.6. The van der Waals surface area contributed by atoms with Gasteiger partial charge in [0.1, 0.15) is 28.5 Å². The Hall–Kier alpha value is -4.14. The van der Waals surface area contributed by atoms with Gasteiger partial charge in [-0.15, -0.1) is 0 Å². The molecule has 1 saturated heterocycles. The first kappa shape index (κ1) is 25.5. The highest BCUT2D eigenvalue weighted by atomic mass is 19.1. The number of furan rings is 1. The molecule has 1 fully saturated rings. The maximum Gasteiger partial charge on any atom is 0.410 e. The Kier molecular flexibility index (Phi) is 6.93. The number of aromatic nitrogens is 2. The highest BCUT2D eigenvalue weighted by Gasteiger charge is 2.30. The van der Waals surface area contributed by atoms with E-state index >= 15 is 0 Å². The summed E-state index contributed by atoms with van der Waals surface area (Å²) in [4.78, 5) is 27.3. The first-order valence-corrected chi connectivity index (χ1v) is 12.8. The van der Waals surface area contributed by atoms with Crippen LogP contribution in [0.5, 0.6) is 0 Å². The Morgan fingerprint density at radius 2 is 1.89 bits per heavy atom. The molecule has 2 aromatic carbocycles. The van der Waals surface area contributed by atoms with E-state index in [0.29, 0.717) is 48.4 Å². The minimum absolute atomic E-state index is 0.0854. The van der Waals surface area contributed by atoms with Crippen LogP contribution in [0.25, 0.3) is 22.1 Å². The largest absolute Gasteiger partial charge is 0.459 e. The number of hydrogen-bond acceptors (Lipinski definition) is 5. The van der Waals surface area contributed by atoms with Gasteiger partial charge in [-0.2, -0.15) is 5.10 Å². The monoisotopic (exact) mass is 518 g/mol. The van der Waals surface area contributed by atoms with Gasteiger partial charge in [-0.25, -0.2) is 9.18 Å². The fourth-order valence-electron chi connectivity index (χ4n) is 4.90. The predicted molar refractivity (Wildman–Crippen MR) is 141 cm³/mol. The van der Waals surface area contributed by atoms with Crippen LogP contribution >= 0.6 is 0 Å². The molecule has 2 amide bonds. The molecule has 0 radical (unpaired) electrons. The third-order valence-corrected chi connectivity index (χ3v) is 6.68. The number of H-pyrrole nitrogens is 1. The summed E-state index contributed by atoms with van der Waals surface area (Å²) in [6.07, 6.45) is 2.77. The van der Waals surface area contributed by atoms with Crippen LogP contribution in [-0.2, 0) is 11.3 Å². The third-order valence-electron chi connectivity index (χ3n) is 6.68. The lowest BCUT2D eigenvalue weighted by atomic mass is 9.89.